The zero-order valence-electron chi connectivity index (χ0n) is 15.4. The van der Waals surface area contributed by atoms with E-state index in [-0.39, 0.29) is 11.8 Å². The van der Waals surface area contributed by atoms with Crippen molar-refractivity contribution in [3.63, 3.8) is 0 Å². The highest BCUT2D eigenvalue weighted by atomic mass is 19.4. The summed E-state index contributed by atoms with van der Waals surface area (Å²) in [5.74, 6) is 0.723. The lowest BCUT2D eigenvalue weighted by molar-refractivity contribution is -0.154. The minimum absolute atomic E-state index is 0.0653. The molecule has 1 aliphatic rings. The molecule has 0 saturated carbocycles. The monoisotopic (exact) mass is 387 g/mol. The molecule has 1 saturated heterocycles. The summed E-state index contributed by atoms with van der Waals surface area (Å²) < 4.78 is 41.0. The molecule has 1 fully saturated rings. The van der Waals surface area contributed by atoms with Gasteiger partial charge in [-0.15, -0.1) is 0 Å². The maximum Gasteiger partial charge on any atom is 0.422 e. The fraction of sp³-hybridized carbons (Fsp3) is 0.588. The Hall–Kier alpha value is -2.52. The second-order valence-electron chi connectivity index (χ2n) is 6.07. The molecule has 1 aromatic heterocycles. The van der Waals surface area contributed by atoms with Crippen molar-refractivity contribution in [2.45, 2.75) is 26.6 Å². The molecule has 0 aromatic carbocycles. The van der Waals surface area contributed by atoms with Gasteiger partial charge in [0.05, 0.1) is 6.54 Å². The highest BCUT2D eigenvalue weighted by molar-refractivity contribution is 5.80. The molecule has 1 aliphatic heterocycles. The minimum atomic E-state index is -4.39. The molecule has 150 valence electrons. The van der Waals surface area contributed by atoms with Crippen molar-refractivity contribution < 1.29 is 22.7 Å². The van der Waals surface area contributed by atoms with E-state index in [0.29, 0.717) is 39.3 Å². The lowest BCUT2D eigenvalue weighted by atomic mass is 10.3. The maximum absolute atomic E-state index is 12.1. The normalized spacial score (nSPS) is 15.7. The lowest BCUT2D eigenvalue weighted by Gasteiger charge is -2.36. The van der Waals surface area contributed by atoms with Crippen LogP contribution in [0, 0.1) is 0 Å². The third kappa shape index (κ3) is 6.95. The summed E-state index contributed by atoms with van der Waals surface area (Å²) in [6.07, 6.45) is -2.94. The van der Waals surface area contributed by atoms with E-state index in [2.05, 4.69) is 24.9 Å². The summed E-state index contributed by atoms with van der Waals surface area (Å²) in [6, 6.07) is 3.04. The number of nitrogens with zero attached hydrogens (tertiary/aromatic N) is 4. The molecule has 7 nitrogen and oxygen atoms in total. The molecule has 0 radical (unpaired) electrons. The van der Waals surface area contributed by atoms with Gasteiger partial charge in [0.2, 0.25) is 11.8 Å². The van der Waals surface area contributed by atoms with Crippen molar-refractivity contribution in [1.29, 1.82) is 0 Å². The zero-order chi connectivity index (χ0) is 19.9. The van der Waals surface area contributed by atoms with Gasteiger partial charge in [-0.2, -0.15) is 13.2 Å². The third-order valence-electron chi connectivity index (χ3n) is 3.95. The summed E-state index contributed by atoms with van der Waals surface area (Å²) in [4.78, 5) is 23.7. The smallest absolute Gasteiger partial charge is 0.422 e. The van der Waals surface area contributed by atoms with Crippen LogP contribution in [-0.4, -0.2) is 72.2 Å². The van der Waals surface area contributed by atoms with Crippen LogP contribution in [0.25, 0.3) is 0 Å². The number of rotatable bonds is 5. The fourth-order valence-corrected chi connectivity index (χ4v) is 2.57. The van der Waals surface area contributed by atoms with E-state index in [4.69, 9.17) is 0 Å². The number of amides is 1. The maximum atomic E-state index is 12.1. The van der Waals surface area contributed by atoms with E-state index in [1.165, 1.54) is 12.3 Å². The van der Waals surface area contributed by atoms with Gasteiger partial charge in [0.15, 0.2) is 12.6 Å². The number of nitrogens with one attached hydrogen (secondary N) is 1. The summed E-state index contributed by atoms with van der Waals surface area (Å²) >= 11 is 0. The fourth-order valence-electron chi connectivity index (χ4n) is 2.57. The van der Waals surface area contributed by atoms with Crippen molar-refractivity contribution in [2.75, 3.05) is 39.3 Å². The summed E-state index contributed by atoms with van der Waals surface area (Å²) in [5, 5.41) is 3.22. The van der Waals surface area contributed by atoms with E-state index in [9.17, 15) is 18.0 Å². The Morgan fingerprint density at radius 1 is 1.26 bits per heavy atom. The van der Waals surface area contributed by atoms with Crippen molar-refractivity contribution in [3.8, 4) is 5.88 Å². The van der Waals surface area contributed by atoms with Gasteiger partial charge in [0.1, 0.15) is 0 Å². The molecule has 1 N–H and O–H groups in total. The van der Waals surface area contributed by atoms with Crippen LogP contribution in [0.4, 0.5) is 13.2 Å². The van der Waals surface area contributed by atoms with Gasteiger partial charge in [-0.25, -0.2) is 9.98 Å². The number of halogens is 3. The van der Waals surface area contributed by atoms with Gasteiger partial charge >= 0.3 is 6.18 Å². The molecule has 1 aromatic rings. The molecule has 1 amide bonds. The average molecular weight is 387 g/mol. The first-order valence-electron chi connectivity index (χ1n) is 8.71. The number of ether oxygens (including phenoxy) is 1. The number of hydrogen-bond donors (Lipinski definition) is 1. The predicted octanol–water partition coefficient (Wildman–Crippen LogP) is 1.65. The van der Waals surface area contributed by atoms with E-state index < -0.39 is 12.8 Å². The van der Waals surface area contributed by atoms with Crippen LogP contribution in [-0.2, 0) is 11.3 Å². The number of alkyl halides is 3. The summed E-state index contributed by atoms with van der Waals surface area (Å²) in [5.41, 5.74) is 0.757. The topological polar surface area (TPSA) is 70.1 Å². The van der Waals surface area contributed by atoms with Gasteiger partial charge in [-0.05, 0) is 12.5 Å². The van der Waals surface area contributed by atoms with Crippen LogP contribution in [0.1, 0.15) is 19.4 Å². The Bertz CT molecular complexity index is 641. The Morgan fingerprint density at radius 2 is 1.93 bits per heavy atom. The first-order valence-corrected chi connectivity index (χ1v) is 8.71. The van der Waals surface area contributed by atoms with E-state index in [1.54, 1.807) is 17.9 Å². The van der Waals surface area contributed by atoms with E-state index in [0.717, 1.165) is 11.5 Å². The van der Waals surface area contributed by atoms with Crippen LogP contribution in [0.5, 0.6) is 5.88 Å². The molecule has 0 bridgehead atoms. The number of pyridine rings is 1. The number of carbonyl (C=O) groups is 1. The number of guanidine groups is 1. The minimum Gasteiger partial charge on any atom is -0.468 e. The Morgan fingerprint density at radius 3 is 2.44 bits per heavy atom. The van der Waals surface area contributed by atoms with Crippen LogP contribution in [0.15, 0.2) is 23.3 Å². The number of piperazine rings is 1. The molecule has 0 spiro atoms. The highest BCUT2D eigenvalue weighted by Crippen LogP contribution is 2.17. The largest absolute Gasteiger partial charge is 0.468 e. The highest BCUT2D eigenvalue weighted by Gasteiger charge is 2.28. The second-order valence-corrected chi connectivity index (χ2v) is 6.07. The predicted molar refractivity (Wildman–Crippen MR) is 94.4 cm³/mol. The molecular formula is C17H24F3N5O2. The van der Waals surface area contributed by atoms with Crippen molar-refractivity contribution in [1.82, 2.24) is 20.1 Å². The summed E-state index contributed by atoms with van der Waals surface area (Å²) in [6.45, 7) is 5.87. The lowest BCUT2D eigenvalue weighted by Crippen LogP contribution is -2.53. The number of aromatic nitrogens is 1. The van der Waals surface area contributed by atoms with Crippen LogP contribution in [0.3, 0.4) is 0 Å². The molecular weight excluding hydrogens is 363 g/mol. The zero-order valence-corrected chi connectivity index (χ0v) is 15.4. The van der Waals surface area contributed by atoms with Crippen molar-refractivity contribution in [2.24, 2.45) is 4.99 Å². The molecule has 2 rings (SSSR count). The number of hydrogen-bond acceptors (Lipinski definition) is 4. The van der Waals surface area contributed by atoms with Gasteiger partial charge < -0.3 is 19.9 Å². The first kappa shape index (κ1) is 20.8. The van der Waals surface area contributed by atoms with Crippen molar-refractivity contribution >= 4 is 11.9 Å². The Balaban J connectivity index is 1.93. The molecule has 0 unspecified atom stereocenters. The molecule has 0 aliphatic carbocycles. The van der Waals surface area contributed by atoms with Gasteiger partial charge in [-0.3, -0.25) is 4.79 Å². The van der Waals surface area contributed by atoms with Crippen molar-refractivity contribution in [3.05, 3.63) is 23.9 Å². The van der Waals surface area contributed by atoms with Crippen LogP contribution >= 0.6 is 0 Å². The van der Waals surface area contributed by atoms with E-state index in [1.807, 2.05) is 6.92 Å². The molecule has 0 atom stereocenters. The second kappa shape index (κ2) is 9.43. The molecule has 2 heterocycles. The standard InChI is InChI=1S/C17H24F3N5O2/c1-3-21-16(25-8-6-24(7-9-25)13(2)26)23-11-14-4-5-15(22-10-14)27-12-17(18,19)20/h4-5,10H,3,6-9,11-12H2,1-2H3,(H,21,23). The molecule has 27 heavy (non-hydrogen) atoms. The van der Waals surface area contributed by atoms with Gasteiger partial charge in [0.25, 0.3) is 0 Å². The Labute approximate surface area is 156 Å². The first-order chi connectivity index (χ1) is 12.8. The SMILES string of the molecule is CCNC(=NCc1ccc(OCC(F)(F)F)nc1)N1CCN(C(C)=O)CC1. The van der Waals surface area contributed by atoms with Gasteiger partial charge in [0, 0.05) is 51.9 Å². The third-order valence-corrected chi connectivity index (χ3v) is 3.95. The quantitative estimate of drug-likeness (QED) is 0.615. The van der Waals surface area contributed by atoms with Gasteiger partial charge in [-0.1, -0.05) is 6.07 Å². The number of carbonyl (C=O) groups excluding carboxylic acids is 1. The van der Waals surface area contributed by atoms with Crippen LogP contribution in [0.2, 0.25) is 0 Å². The Kier molecular flexibility index (Phi) is 7.26. The number of aliphatic imine (C=N–C) groups is 1. The summed E-state index contributed by atoms with van der Waals surface area (Å²) in [7, 11) is 0. The van der Waals surface area contributed by atoms with Crippen LogP contribution < -0.4 is 10.1 Å². The average Bonchev–Trinajstić information content (AvgIpc) is 2.64. The molecule has 10 heteroatoms. The van der Waals surface area contributed by atoms with E-state index >= 15 is 0 Å².